The molecule has 1 aliphatic rings. The van der Waals surface area contributed by atoms with Crippen LogP contribution in [0.5, 0.6) is 0 Å². The van der Waals surface area contributed by atoms with Gasteiger partial charge in [-0.05, 0) is 32.1 Å². The van der Waals surface area contributed by atoms with Crippen LogP contribution in [0.4, 0.5) is 0 Å². The lowest BCUT2D eigenvalue weighted by Crippen LogP contribution is -2.38. The molecule has 0 N–H and O–H groups in total. The summed E-state index contributed by atoms with van der Waals surface area (Å²) in [6.45, 7) is 1.94. The second-order valence-corrected chi connectivity index (χ2v) is 6.74. The Morgan fingerprint density at radius 1 is 1.47 bits per heavy atom. The topological polar surface area (TPSA) is 63.7 Å². The number of hydrogen-bond donors (Lipinski definition) is 0. The first-order valence-corrected chi connectivity index (χ1v) is 7.52. The van der Waals surface area contributed by atoms with Gasteiger partial charge in [-0.2, -0.15) is 0 Å². The minimum absolute atomic E-state index is 0.00958. The number of ether oxygens (including phenoxy) is 1. The molecule has 0 radical (unpaired) electrons. The zero-order chi connectivity index (χ0) is 13.1. The fourth-order valence-corrected chi connectivity index (χ4v) is 3.25. The minimum Gasteiger partial charge on any atom is -0.469 e. The third-order valence-electron chi connectivity index (χ3n) is 3.33. The predicted octanol–water partition coefficient (Wildman–Crippen LogP) is 1.000. The van der Waals surface area contributed by atoms with Crippen molar-refractivity contribution in [1.82, 2.24) is 4.31 Å². The van der Waals surface area contributed by atoms with Crippen molar-refractivity contribution in [1.29, 1.82) is 0 Å². The molecule has 0 heterocycles. The van der Waals surface area contributed by atoms with Crippen molar-refractivity contribution in [2.24, 2.45) is 5.92 Å². The van der Waals surface area contributed by atoms with E-state index in [0.717, 1.165) is 12.8 Å². The summed E-state index contributed by atoms with van der Waals surface area (Å²) in [5.41, 5.74) is 0. The number of rotatable bonds is 7. The maximum atomic E-state index is 11.9. The molecule has 0 aromatic heterocycles. The van der Waals surface area contributed by atoms with Crippen LogP contribution in [0.2, 0.25) is 0 Å². The number of methoxy groups -OCH3 is 1. The Morgan fingerprint density at radius 2 is 2.06 bits per heavy atom. The van der Waals surface area contributed by atoms with Gasteiger partial charge >= 0.3 is 5.97 Å². The highest BCUT2D eigenvalue weighted by atomic mass is 32.2. The molecule has 100 valence electrons. The van der Waals surface area contributed by atoms with Crippen LogP contribution in [0.1, 0.15) is 32.6 Å². The lowest BCUT2D eigenvalue weighted by Gasteiger charge is -2.24. The summed E-state index contributed by atoms with van der Waals surface area (Å²) in [6, 6.07) is 0.0677. The Kier molecular flexibility index (Phi) is 4.94. The molecule has 1 fully saturated rings. The quantitative estimate of drug-likeness (QED) is 0.643. The lowest BCUT2D eigenvalue weighted by molar-refractivity contribution is -0.140. The van der Waals surface area contributed by atoms with Crippen LogP contribution in [0.3, 0.4) is 0 Å². The van der Waals surface area contributed by atoms with Crippen molar-refractivity contribution < 1.29 is 17.9 Å². The molecule has 1 atom stereocenters. The normalized spacial score (nSPS) is 18.1. The van der Waals surface area contributed by atoms with Crippen LogP contribution in [0.15, 0.2) is 0 Å². The molecule has 0 spiro atoms. The fourth-order valence-electron chi connectivity index (χ4n) is 1.77. The van der Waals surface area contributed by atoms with E-state index in [1.807, 2.05) is 6.92 Å². The largest absolute Gasteiger partial charge is 0.469 e. The van der Waals surface area contributed by atoms with Gasteiger partial charge in [-0.25, -0.2) is 12.7 Å². The highest BCUT2D eigenvalue weighted by Gasteiger charge is 2.35. The molecule has 1 unspecified atom stereocenters. The summed E-state index contributed by atoms with van der Waals surface area (Å²) in [4.78, 5) is 10.9. The second-order valence-electron chi connectivity index (χ2n) is 4.59. The van der Waals surface area contributed by atoms with Crippen LogP contribution in [-0.2, 0) is 19.6 Å². The first kappa shape index (κ1) is 14.4. The van der Waals surface area contributed by atoms with Crippen LogP contribution < -0.4 is 0 Å². The molecule has 1 rings (SSSR count). The SMILES string of the molecule is COC(=O)CCCS(=O)(=O)N(C)C(C)C1CC1. The van der Waals surface area contributed by atoms with E-state index >= 15 is 0 Å². The lowest BCUT2D eigenvalue weighted by atomic mass is 10.2. The number of carbonyl (C=O) groups is 1. The number of sulfonamides is 1. The predicted molar refractivity (Wildman–Crippen MR) is 65.0 cm³/mol. The molecule has 17 heavy (non-hydrogen) atoms. The molecule has 0 saturated heterocycles. The van der Waals surface area contributed by atoms with E-state index in [1.54, 1.807) is 7.05 Å². The number of nitrogens with zero attached hydrogens (tertiary/aromatic N) is 1. The molecule has 0 amide bonds. The molecule has 0 bridgehead atoms. The first-order valence-electron chi connectivity index (χ1n) is 5.91. The molecule has 1 saturated carbocycles. The minimum atomic E-state index is -3.24. The summed E-state index contributed by atoms with van der Waals surface area (Å²) in [5, 5.41) is 0. The smallest absolute Gasteiger partial charge is 0.305 e. The third kappa shape index (κ3) is 4.27. The van der Waals surface area contributed by atoms with Crippen molar-refractivity contribution in [3.05, 3.63) is 0 Å². The van der Waals surface area contributed by atoms with E-state index in [0.29, 0.717) is 12.3 Å². The molecular weight excluding hydrogens is 242 g/mol. The monoisotopic (exact) mass is 263 g/mol. The van der Waals surface area contributed by atoms with Gasteiger partial charge in [0.05, 0.1) is 12.9 Å². The van der Waals surface area contributed by atoms with Crippen molar-refractivity contribution >= 4 is 16.0 Å². The highest BCUT2D eigenvalue weighted by molar-refractivity contribution is 7.89. The number of esters is 1. The van der Waals surface area contributed by atoms with E-state index in [2.05, 4.69) is 4.74 Å². The molecule has 0 aromatic rings. The maximum absolute atomic E-state index is 11.9. The van der Waals surface area contributed by atoms with Crippen LogP contribution in [0, 0.1) is 5.92 Å². The summed E-state index contributed by atoms with van der Waals surface area (Å²) >= 11 is 0. The van der Waals surface area contributed by atoms with E-state index in [-0.39, 0.29) is 24.2 Å². The zero-order valence-electron chi connectivity index (χ0n) is 10.7. The van der Waals surface area contributed by atoms with E-state index in [1.165, 1.54) is 11.4 Å². The van der Waals surface area contributed by atoms with E-state index < -0.39 is 10.0 Å². The summed E-state index contributed by atoms with van der Waals surface area (Å²) in [7, 11) is -0.318. The van der Waals surface area contributed by atoms with Crippen molar-refractivity contribution in [2.75, 3.05) is 19.9 Å². The molecule has 1 aliphatic carbocycles. The molecule has 5 nitrogen and oxygen atoms in total. The van der Waals surface area contributed by atoms with E-state index in [9.17, 15) is 13.2 Å². The van der Waals surface area contributed by atoms with Gasteiger partial charge in [0.2, 0.25) is 10.0 Å². The van der Waals surface area contributed by atoms with Crippen molar-refractivity contribution in [3.8, 4) is 0 Å². The van der Waals surface area contributed by atoms with Crippen molar-refractivity contribution in [3.63, 3.8) is 0 Å². The molecule has 0 aromatic carbocycles. The van der Waals surface area contributed by atoms with Crippen molar-refractivity contribution in [2.45, 2.75) is 38.6 Å². The summed E-state index contributed by atoms with van der Waals surface area (Å²) in [6.07, 6.45) is 2.70. The second kappa shape index (κ2) is 5.82. The van der Waals surface area contributed by atoms with Gasteiger partial charge in [0.25, 0.3) is 0 Å². The Bertz CT molecular complexity index is 362. The van der Waals surface area contributed by atoms with Gasteiger partial charge in [-0.1, -0.05) is 0 Å². The molecule has 0 aliphatic heterocycles. The van der Waals surface area contributed by atoms with Gasteiger partial charge in [-0.3, -0.25) is 4.79 Å². The zero-order valence-corrected chi connectivity index (χ0v) is 11.5. The third-order valence-corrected chi connectivity index (χ3v) is 5.34. The first-order chi connectivity index (χ1) is 7.88. The summed E-state index contributed by atoms with van der Waals surface area (Å²) in [5.74, 6) is 0.156. The van der Waals surface area contributed by atoms with E-state index in [4.69, 9.17) is 0 Å². The van der Waals surface area contributed by atoms with Gasteiger partial charge < -0.3 is 4.74 Å². The number of carbonyl (C=O) groups excluding carboxylic acids is 1. The standard InChI is InChI=1S/C11H21NO4S/c1-9(10-6-7-10)12(2)17(14,15)8-4-5-11(13)16-3/h9-10H,4-8H2,1-3H3. The number of hydrogen-bond acceptors (Lipinski definition) is 4. The van der Waals surface area contributed by atoms with Crippen LogP contribution >= 0.6 is 0 Å². The van der Waals surface area contributed by atoms with Crippen LogP contribution in [0.25, 0.3) is 0 Å². The van der Waals surface area contributed by atoms with Crippen LogP contribution in [-0.4, -0.2) is 44.6 Å². The van der Waals surface area contributed by atoms with Gasteiger partial charge in [0, 0.05) is 19.5 Å². The highest BCUT2D eigenvalue weighted by Crippen LogP contribution is 2.35. The van der Waals surface area contributed by atoms with Gasteiger partial charge in [0.15, 0.2) is 0 Å². The Hall–Kier alpha value is -0.620. The van der Waals surface area contributed by atoms with Gasteiger partial charge in [0.1, 0.15) is 0 Å². The Labute approximate surface area is 103 Å². The fraction of sp³-hybridized carbons (Fsp3) is 0.909. The average Bonchev–Trinajstić information content (AvgIpc) is 3.10. The summed E-state index contributed by atoms with van der Waals surface area (Å²) < 4.78 is 29.8. The Balaban J connectivity index is 2.41. The maximum Gasteiger partial charge on any atom is 0.305 e. The molecular formula is C11H21NO4S. The average molecular weight is 263 g/mol. The van der Waals surface area contributed by atoms with Gasteiger partial charge in [-0.15, -0.1) is 0 Å². The Morgan fingerprint density at radius 3 is 2.53 bits per heavy atom. The molecule has 6 heteroatoms.